The molecule has 20 heavy (non-hydrogen) atoms. The summed E-state index contributed by atoms with van der Waals surface area (Å²) in [6.07, 6.45) is 2.53. The Kier molecular flexibility index (Phi) is 3.61. The Balaban J connectivity index is 1.97. The molecule has 1 fully saturated rings. The summed E-state index contributed by atoms with van der Waals surface area (Å²) in [5.74, 6) is 2.84. The first-order valence-corrected chi connectivity index (χ1v) is 7.89. The SMILES string of the molecule is CNc1nc(C)nc(N(Cc2cccs2)C2CC2)c1C. The Hall–Kier alpha value is -1.62. The zero-order valence-corrected chi connectivity index (χ0v) is 13.0. The van der Waals surface area contributed by atoms with Crippen LogP contribution in [0.15, 0.2) is 17.5 Å². The second-order valence-electron chi connectivity index (χ2n) is 5.26. The van der Waals surface area contributed by atoms with E-state index in [0.29, 0.717) is 6.04 Å². The highest BCUT2D eigenvalue weighted by Crippen LogP contribution is 2.35. The fraction of sp³-hybridized carbons (Fsp3) is 0.467. The van der Waals surface area contributed by atoms with Gasteiger partial charge in [0.25, 0.3) is 0 Å². The molecule has 0 spiro atoms. The number of thiophene rings is 1. The van der Waals surface area contributed by atoms with Crippen molar-refractivity contribution < 1.29 is 0 Å². The summed E-state index contributed by atoms with van der Waals surface area (Å²) in [7, 11) is 1.92. The number of anilines is 2. The highest BCUT2D eigenvalue weighted by molar-refractivity contribution is 7.09. The van der Waals surface area contributed by atoms with Crippen LogP contribution in [0.5, 0.6) is 0 Å². The second kappa shape index (κ2) is 5.40. The van der Waals surface area contributed by atoms with E-state index in [2.05, 4.69) is 39.6 Å². The minimum Gasteiger partial charge on any atom is -0.373 e. The molecule has 1 saturated carbocycles. The molecule has 1 aliphatic carbocycles. The minimum atomic E-state index is 0.634. The number of nitrogens with one attached hydrogen (secondary N) is 1. The van der Waals surface area contributed by atoms with E-state index in [1.54, 1.807) is 0 Å². The van der Waals surface area contributed by atoms with Crippen molar-refractivity contribution in [2.45, 2.75) is 39.3 Å². The van der Waals surface area contributed by atoms with Crippen molar-refractivity contribution in [2.24, 2.45) is 0 Å². The minimum absolute atomic E-state index is 0.634. The zero-order chi connectivity index (χ0) is 14.1. The van der Waals surface area contributed by atoms with E-state index in [-0.39, 0.29) is 0 Å². The van der Waals surface area contributed by atoms with Crippen molar-refractivity contribution in [1.29, 1.82) is 0 Å². The predicted molar refractivity (Wildman–Crippen MR) is 84.6 cm³/mol. The molecule has 1 N–H and O–H groups in total. The molecule has 0 aromatic carbocycles. The van der Waals surface area contributed by atoms with Crippen molar-refractivity contribution in [3.05, 3.63) is 33.8 Å². The monoisotopic (exact) mass is 288 g/mol. The van der Waals surface area contributed by atoms with Crippen LogP contribution in [0.3, 0.4) is 0 Å². The number of aromatic nitrogens is 2. The molecular formula is C15H20N4S. The van der Waals surface area contributed by atoms with Gasteiger partial charge in [0.2, 0.25) is 0 Å². The van der Waals surface area contributed by atoms with Crippen molar-refractivity contribution in [3.63, 3.8) is 0 Å². The average Bonchev–Trinajstić information content (AvgIpc) is 3.15. The standard InChI is InChI=1S/C15H20N4S/c1-10-14(16-3)17-11(2)18-15(10)19(12-6-7-12)9-13-5-4-8-20-13/h4-5,8,12H,6-7,9H2,1-3H3,(H,16,17,18). The summed E-state index contributed by atoms with van der Waals surface area (Å²) in [4.78, 5) is 13.0. The lowest BCUT2D eigenvalue weighted by molar-refractivity contribution is 0.774. The third-order valence-electron chi connectivity index (χ3n) is 3.63. The summed E-state index contributed by atoms with van der Waals surface area (Å²) >= 11 is 1.81. The van der Waals surface area contributed by atoms with Crippen LogP contribution in [0.25, 0.3) is 0 Å². The van der Waals surface area contributed by atoms with Crippen LogP contribution in [0.2, 0.25) is 0 Å². The molecule has 0 amide bonds. The fourth-order valence-electron chi connectivity index (χ4n) is 2.47. The van der Waals surface area contributed by atoms with Crippen molar-refractivity contribution in [3.8, 4) is 0 Å². The van der Waals surface area contributed by atoms with Crippen LogP contribution in [-0.4, -0.2) is 23.1 Å². The molecule has 0 radical (unpaired) electrons. The Morgan fingerprint density at radius 2 is 2.15 bits per heavy atom. The topological polar surface area (TPSA) is 41.1 Å². The quantitative estimate of drug-likeness (QED) is 0.916. The lowest BCUT2D eigenvalue weighted by Crippen LogP contribution is -2.27. The molecule has 0 aliphatic heterocycles. The summed E-state index contributed by atoms with van der Waals surface area (Å²) in [5, 5.41) is 5.31. The Morgan fingerprint density at radius 3 is 2.75 bits per heavy atom. The van der Waals surface area contributed by atoms with Crippen molar-refractivity contribution in [2.75, 3.05) is 17.3 Å². The first-order chi connectivity index (χ1) is 9.69. The number of rotatable bonds is 5. The summed E-state index contributed by atoms with van der Waals surface area (Å²) in [6.45, 7) is 5.01. The van der Waals surface area contributed by atoms with E-state index in [9.17, 15) is 0 Å². The molecule has 0 atom stereocenters. The smallest absolute Gasteiger partial charge is 0.137 e. The number of aryl methyl sites for hydroxylation is 1. The Morgan fingerprint density at radius 1 is 1.35 bits per heavy atom. The molecule has 0 unspecified atom stereocenters. The molecule has 4 nitrogen and oxygen atoms in total. The second-order valence-corrected chi connectivity index (χ2v) is 6.29. The van der Waals surface area contributed by atoms with Gasteiger partial charge >= 0.3 is 0 Å². The van der Waals surface area contributed by atoms with Crippen LogP contribution in [-0.2, 0) is 6.54 Å². The van der Waals surface area contributed by atoms with E-state index in [1.165, 1.54) is 17.7 Å². The lowest BCUT2D eigenvalue weighted by atomic mass is 10.2. The summed E-state index contributed by atoms with van der Waals surface area (Å²) < 4.78 is 0. The number of hydrogen-bond acceptors (Lipinski definition) is 5. The lowest BCUT2D eigenvalue weighted by Gasteiger charge is -2.25. The molecular weight excluding hydrogens is 268 g/mol. The average molecular weight is 288 g/mol. The van der Waals surface area contributed by atoms with E-state index < -0.39 is 0 Å². The zero-order valence-electron chi connectivity index (χ0n) is 12.2. The molecule has 106 valence electrons. The molecule has 0 saturated heterocycles. The van der Waals surface area contributed by atoms with E-state index in [4.69, 9.17) is 4.98 Å². The summed E-state index contributed by atoms with van der Waals surface area (Å²) in [6, 6.07) is 4.94. The molecule has 2 aromatic heterocycles. The number of hydrogen-bond donors (Lipinski definition) is 1. The molecule has 0 bridgehead atoms. The maximum atomic E-state index is 4.70. The highest BCUT2D eigenvalue weighted by atomic mass is 32.1. The van der Waals surface area contributed by atoms with Crippen LogP contribution < -0.4 is 10.2 Å². The van der Waals surface area contributed by atoms with Crippen LogP contribution >= 0.6 is 11.3 Å². The molecule has 5 heteroatoms. The van der Waals surface area contributed by atoms with E-state index >= 15 is 0 Å². The van der Waals surface area contributed by atoms with Gasteiger partial charge in [-0.05, 0) is 38.1 Å². The van der Waals surface area contributed by atoms with Gasteiger partial charge in [-0.15, -0.1) is 11.3 Å². The van der Waals surface area contributed by atoms with Crippen molar-refractivity contribution in [1.82, 2.24) is 9.97 Å². The van der Waals surface area contributed by atoms with Gasteiger partial charge in [0.05, 0.1) is 6.54 Å². The van der Waals surface area contributed by atoms with Crippen LogP contribution in [0, 0.1) is 13.8 Å². The Bertz CT molecular complexity index is 590. The fourth-order valence-corrected chi connectivity index (χ4v) is 3.17. The number of nitrogens with zero attached hydrogens (tertiary/aromatic N) is 3. The van der Waals surface area contributed by atoms with Gasteiger partial charge in [0.1, 0.15) is 17.5 Å². The normalized spacial score (nSPS) is 14.3. The van der Waals surface area contributed by atoms with Gasteiger partial charge in [-0.25, -0.2) is 9.97 Å². The van der Waals surface area contributed by atoms with Crippen molar-refractivity contribution >= 4 is 23.0 Å². The van der Waals surface area contributed by atoms with Gasteiger partial charge in [-0.3, -0.25) is 0 Å². The third-order valence-corrected chi connectivity index (χ3v) is 4.50. The molecule has 2 heterocycles. The van der Waals surface area contributed by atoms with Gasteiger partial charge < -0.3 is 10.2 Å². The van der Waals surface area contributed by atoms with E-state index in [0.717, 1.165) is 29.6 Å². The Labute approximate surface area is 123 Å². The first-order valence-electron chi connectivity index (χ1n) is 7.01. The largest absolute Gasteiger partial charge is 0.373 e. The van der Waals surface area contributed by atoms with Gasteiger partial charge in [0, 0.05) is 23.5 Å². The predicted octanol–water partition coefficient (Wildman–Crippen LogP) is 3.37. The molecule has 3 rings (SSSR count). The maximum absolute atomic E-state index is 4.70. The van der Waals surface area contributed by atoms with Gasteiger partial charge in [-0.1, -0.05) is 6.07 Å². The summed E-state index contributed by atoms with van der Waals surface area (Å²) in [5.41, 5.74) is 1.14. The first kappa shape index (κ1) is 13.4. The molecule has 2 aromatic rings. The van der Waals surface area contributed by atoms with Gasteiger partial charge in [0.15, 0.2) is 0 Å². The maximum Gasteiger partial charge on any atom is 0.137 e. The van der Waals surface area contributed by atoms with E-state index in [1.807, 2.05) is 25.3 Å². The van der Waals surface area contributed by atoms with Crippen LogP contribution in [0.1, 0.15) is 29.1 Å². The van der Waals surface area contributed by atoms with Gasteiger partial charge in [-0.2, -0.15) is 0 Å². The third kappa shape index (κ3) is 2.63. The van der Waals surface area contributed by atoms with Crippen LogP contribution in [0.4, 0.5) is 11.6 Å². The highest BCUT2D eigenvalue weighted by Gasteiger charge is 2.31. The molecule has 1 aliphatic rings.